The van der Waals surface area contributed by atoms with E-state index in [0.29, 0.717) is 22.6 Å². The van der Waals surface area contributed by atoms with Crippen molar-refractivity contribution in [1.29, 1.82) is 0 Å². The number of carbonyl (C=O) groups excluding carboxylic acids is 3. The van der Waals surface area contributed by atoms with E-state index in [9.17, 15) is 23.9 Å². The van der Waals surface area contributed by atoms with Gasteiger partial charge in [0.15, 0.2) is 23.5 Å². The summed E-state index contributed by atoms with van der Waals surface area (Å²) in [6.45, 7) is 3.31. The van der Waals surface area contributed by atoms with E-state index in [4.69, 9.17) is 15.2 Å². The van der Waals surface area contributed by atoms with Crippen molar-refractivity contribution in [3.63, 3.8) is 0 Å². The van der Waals surface area contributed by atoms with Crippen molar-refractivity contribution in [2.75, 3.05) is 23.0 Å². The Morgan fingerprint density at radius 1 is 1.05 bits per heavy atom. The van der Waals surface area contributed by atoms with E-state index >= 15 is 0 Å². The first kappa shape index (κ1) is 27.9. The van der Waals surface area contributed by atoms with Crippen molar-refractivity contribution in [2.24, 2.45) is 0 Å². The van der Waals surface area contributed by atoms with E-state index < -0.39 is 35.8 Å². The monoisotopic (exact) mass is 521 g/mol. The number of aromatic hydroxyl groups is 1. The number of carbonyl (C=O) groups is 3. The third-order valence-corrected chi connectivity index (χ3v) is 5.39. The van der Waals surface area contributed by atoms with Gasteiger partial charge in [-0.2, -0.15) is 0 Å². The summed E-state index contributed by atoms with van der Waals surface area (Å²) >= 11 is 0. The van der Waals surface area contributed by atoms with Crippen LogP contribution in [0.4, 0.5) is 26.2 Å². The summed E-state index contributed by atoms with van der Waals surface area (Å²) in [7, 11) is 0. The van der Waals surface area contributed by atoms with E-state index in [1.165, 1.54) is 37.3 Å². The van der Waals surface area contributed by atoms with Gasteiger partial charge in [0.25, 0.3) is 0 Å². The number of hydrogen-bond donors (Lipinski definition) is 4. The number of benzene rings is 3. The van der Waals surface area contributed by atoms with Crippen LogP contribution < -0.4 is 16.4 Å². The molecule has 2 atom stereocenters. The highest BCUT2D eigenvalue weighted by Gasteiger charge is 2.27. The first-order valence-electron chi connectivity index (χ1n) is 11.7. The maximum Gasteiger partial charge on any atom is 0.412 e. The number of nitrogens with two attached hydrogens (primary N) is 1. The van der Waals surface area contributed by atoms with Gasteiger partial charge in [-0.1, -0.05) is 18.2 Å². The van der Waals surface area contributed by atoms with Crippen molar-refractivity contribution >= 4 is 34.8 Å². The topological polar surface area (TPSA) is 140 Å². The Morgan fingerprint density at radius 2 is 1.76 bits per heavy atom. The summed E-state index contributed by atoms with van der Waals surface area (Å²) in [4.78, 5) is 36.8. The van der Waals surface area contributed by atoms with E-state index in [1.807, 2.05) is 0 Å². The number of Topliss-reactive ketones (excluding diaryl/α,β-unsaturated/α-hetero) is 1. The molecule has 0 fully saturated rings. The molecular formula is C28H28FN3O6. The van der Waals surface area contributed by atoms with Crippen molar-refractivity contribution < 1.29 is 33.4 Å². The highest BCUT2D eigenvalue weighted by molar-refractivity contribution is 6.01. The summed E-state index contributed by atoms with van der Waals surface area (Å²) in [6, 6.07) is 16.4. The van der Waals surface area contributed by atoms with Crippen LogP contribution in [0.25, 0.3) is 0 Å². The first-order valence-corrected chi connectivity index (χ1v) is 11.7. The van der Waals surface area contributed by atoms with Gasteiger partial charge in [0.05, 0.1) is 11.4 Å². The fourth-order valence-electron chi connectivity index (χ4n) is 3.48. The predicted octanol–water partition coefficient (Wildman–Crippen LogP) is 5.21. The molecule has 0 saturated carbocycles. The van der Waals surface area contributed by atoms with Crippen LogP contribution in [-0.4, -0.2) is 35.6 Å². The molecule has 0 saturated heterocycles. The number of nitrogens with one attached hydrogen (secondary N) is 2. The van der Waals surface area contributed by atoms with E-state index in [-0.39, 0.29) is 18.0 Å². The molecule has 3 aromatic carbocycles. The quantitative estimate of drug-likeness (QED) is 0.163. The predicted molar refractivity (Wildman–Crippen MR) is 141 cm³/mol. The molecule has 0 heterocycles. The van der Waals surface area contributed by atoms with Gasteiger partial charge in [-0.25, -0.2) is 9.18 Å². The van der Waals surface area contributed by atoms with Gasteiger partial charge in [-0.15, -0.1) is 0 Å². The molecule has 10 heteroatoms. The second-order valence-corrected chi connectivity index (χ2v) is 8.15. The van der Waals surface area contributed by atoms with E-state index in [1.54, 1.807) is 43.3 Å². The summed E-state index contributed by atoms with van der Waals surface area (Å²) in [5.74, 6) is -2.14. The molecule has 0 aliphatic carbocycles. The fourth-order valence-corrected chi connectivity index (χ4v) is 3.48. The Balaban J connectivity index is 1.84. The number of nitrogen functional groups attached to an aromatic ring is 1. The molecule has 3 aromatic rings. The molecule has 3 rings (SSSR count). The van der Waals surface area contributed by atoms with Crippen LogP contribution >= 0.6 is 0 Å². The Morgan fingerprint density at radius 3 is 2.39 bits per heavy atom. The molecule has 198 valence electrons. The fraction of sp³-hybridized carbons (Fsp3) is 0.179. The summed E-state index contributed by atoms with van der Waals surface area (Å²) in [6.07, 6.45) is -0.527. The van der Waals surface area contributed by atoms with Crippen LogP contribution in [0.5, 0.6) is 5.75 Å². The maximum atomic E-state index is 14.2. The van der Waals surface area contributed by atoms with E-state index in [0.717, 1.165) is 12.1 Å². The Bertz CT molecular complexity index is 1330. The highest BCUT2D eigenvalue weighted by Crippen LogP contribution is 2.29. The molecular weight excluding hydrogens is 493 g/mol. The number of ketones is 1. The first-order chi connectivity index (χ1) is 18.2. The number of amides is 2. The standard InChI is InChI=1S/C28H28FN3O6/c1-3-37-25(14-15-26(35)32-23-7-5-4-6-22(23)30)27(19-10-13-24(34)21(29)16-19)38-28(36)31-20-11-8-18(9-12-20)17(2)33/h4-16,25,27,34H,3,30H2,1-2H3,(H,31,36)(H,32,35)/b15-14+/t25-,27-/m0/s1. The van der Waals surface area contributed by atoms with Gasteiger partial charge in [0.1, 0.15) is 6.10 Å². The summed E-state index contributed by atoms with van der Waals surface area (Å²) in [5, 5.41) is 14.8. The van der Waals surface area contributed by atoms with Gasteiger partial charge in [-0.3, -0.25) is 14.9 Å². The molecule has 0 aliphatic rings. The molecule has 0 radical (unpaired) electrons. The molecule has 9 nitrogen and oxygen atoms in total. The number of halogens is 1. The minimum atomic E-state index is -1.20. The number of phenols is 1. The molecule has 38 heavy (non-hydrogen) atoms. The third-order valence-electron chi connectivity index (χ3n) is 5.39. The molecule has 2 amide bonds. The Hall–Kier alpha value is -4.70. The van der Waals surface area contributed by atoms with Crippen molar-refractivity contribution in [1.82, 2.24) is 0 Å². The molecule has 0 bridgehead atoms. The van der Waals surface area contributed by atoms with Crippen LogP contribution in [0, 0.1) is 5.82 Å². The second kappa shape index (κ2) is 13.0. The Labute approximate surface area is 219 Å². The molecule has 0 unspecified atom stereocenters. The third kappa shape index (κ3) is 7.65. The highest BCUT2D eigenvalue weighted by atomic mass is 19.1. The van der Waals surface area contributed by atoms with Gasteiger partial charge in [0, 0.05) is 23.9 Å². The number of hydrogen-bond acceptors (Lipinski definition) is 7. The number of phenolic OH excluding ortho intramolecular Hbond substituents is 1. The lowest BCUT2D eigenvalue weighted by Gasteiger charge is -2.25. The summed E-state index contributed by atoms with van der Waals surface area (Å²) in [5.41, 5.74) is 7.67. The lowest BCUT2D eigenvalue weighted by molar-refractivity contribution is -0.112. The van der Waals surface area contributed by atoms with Gasteiger partial charge in [0.2, 0.25) is 5.91 Å². The van der Waals surface area contributed by atoms with Crippen LogP contribution in [0.15, 0.2) is 78.9 Å². The smallest absolute Gasteiger partial charge is 0.412 e. The SMILES string of the molecule is CCO[C@@H](/C=C/C(=O)Nc1ccccc1N)[C@@H](OC(=O)Nc1ccc(C(C)=O)cc1)c1ccc(O)c(F)c1. The van der Waals surface area contributed by atoms with Crippen molar-refractivity contribution in [3.8, 4) is 5.75 Å². The number of ether oxygens (including phenoxy) is 2. The van der Waals surface area contributed by atoms with Crippen LogP contribution in [0.1, 0.15) is 35.9 Å². The van der Waals surface area contributed by atoms with Gasteiger partial charge >= 0.3 is 6.09 Å². The normalized spacial score (nSPS) is 12.5. The summed E-state index contributed by atoms with van der Waals surface area (Å²) < 4.78 is 25.5. The van der Waals surface area contributed by atoms with Crippen LogP contribution in [0.3, 0.4) is 0 Å². The molecule has 0 aliphatic heterocycles. The largest absolute Gasteiger partial charge is 0.505 e. The minimum Gasteiger partial charge on any atom is -0.505 e. The zero-order valence-electron chi connectivity index (χ0n) is 20.8. The van der Waals surface area contributed by atoms with Gasteiger partial charge < -0.3 is 25.6 Å². The van der Waals surface area contributed by atoms with E-state index in [2.05, 4.69) is 10.6 Å². The lowest BCUT2D eigenvalue weighted by atomic mass is 10.0. The number of anilines is 3. The minimum absolute atomic E-state index is 0.126. The molecule has 0 aromatic heterocycles. The molecule has 5 N–H and O–H groups in total. The van der Waals surface area contributed by atoms with Crippen LogP contribution in [0.2, 0.25) is 0 Å². The average molecular weight is 522 g/mol. The zero-order valence-corrected chi connectivity index (χ0v) is 20.8. The lowest BCUT2D eigenvalue weighted by Crippen LogP contribution is -2.28. The van der Waals surface area contributed by atoms with Crippen molar-refractivity contribution in [2.45, 2.75) is 26.1 Å². The maximum absolute atomic E-state index is 14.2. The van der Waals surface area contributed by atoms with Gasteiger partial charge in [-0.05, 0) is 74.0 Å². The molecule has 0 spiro atoms. The Kier molecular flexibility index (Phi) is 9.55. The number of para-hydroxylation sites is 2. The van der Waals surface area contributed by atoms with Crippen molar-refractivity contribution in [3.05, 3.63) is 95.8 Å². The zero-order chi connectivity index (χ0) is 27.7. The average Bonchev–Trinajstić information content (AvgIpc) is 2.88. The number of rotatable bonds is 10. The second-order valence-electron chi connectivity index (χ2n) is 8.15. The van der Waals surface area contributed by atoms with Crippen LogP contribution in [-0.2, 0) is 14.3 Å².